The van der Waals surface area contributed by atoms with Crippen LogP contribution < -0.4 is 0 Å². The van der Waals surface area contributed by atoms with Crippen LogP contribution >= 0.6 is 0 Å². The molecule has 1 aliphatic rings. The Kier molecular flexibility index (Phi) is 4.33. The molecule has 0 unspecified atom stereocenters. The zero-order chi connectivity index (χ0) is 18.1. The minimum absolute atomic E-state index is 0.113. The Morgan fingerprint density at radius 1 is 1.19 bits per heavy atom. The van der Waals surface area contributed by atoms with Crippen molar-refractivity contribution in [2.45, 2.75) is 26.3 Å². The molecule has 3 heterocycles. The maximum absolute atomic E-state index is 11.9. The summed E-state index contributed by atoms with van der Waals surface area (Å²) in [4.78, 5) is 8.81. The molecule has 26 heavy (non-hydrogen) atoms. The normalized spacial score (nSPS) is 17.0. The van der Waals surface area contributed by atoms with E-state index in [1.165, 1.54) is 4.31 Å². The van der Waals surface area contributed by atoms with Crippen LogP contribution in [0, 0.1) is 6.92 Å². The van der Waals surface area contributed by atoms with Crippen molar-refractivity contribution in [1.82, 2.24) is 19.4 Å². The van der Waals surface area contributed by atoms with Crippen molar-refractivity contribution in [3.8, 4) is 11.5 Å². The van der Waals surface area contributed by atoms with Gasteiger partial charge in [0.2, 0.25) is 21.8 Å². The number of rotatable bonds is 5. The highest BCUT2D eigenvalue weighted by Gasteiger charge is 2.29. The number of oxazole rings is 1. The maximum Gasteiger partial charge on any atom is 0.241 e. The third kappa shape index (κ3) is 3.40. The molecule has 0 bridgehead atoms. The highest BCUT2D eigenvalue weighted by Crippen LogP contribution is 2.23. The topological polar surface area (TPSA) is 102 Å². The summed E-state index contributed by atoms with van der Waals surface area (Å²) < 4.78 is 36.0. The van der Waals surface area contributed by atoms with Crippen molar-refractivity contribution in [2.24, 2.45) is 0 Å². The predicted octanol–water partition coefficient (Wildman–Crippen LogP) is 2.16. The molecule has 0 spiro atoms. The van der Waals surface area contributed by atoms with Crippen LogP contribution in [-0.4, -0.2) is 40.1 Å². The van der Waals surface area contributed by atoms with Gasteiger partial charge in [-0.2, -0.15) is 9.29 Å². The van der Waals surface area contributed by atoms with Crippen molar-refractivity contribution in [3.63, 3.8) is 0 Å². The second kappa shape index (κ2) is 6.65. The number of aromatic nitrogens is 3. The summed E-state index contributed by atoms with van der Waals surface area (Å²) in [5.74, 6) is 2.15. The average Bonchev–Trinajstić information content (AvgIpc) is 3.30. The van der Waals surface area contributed by atoms with Crippen LogP contribution in [0.3, 0.4) is 0 Å². The van der Waals surface area contributed by atoms with Crippen molar-refractivity contribution >= 4 is 10.0 Å². The summed E-state index contributed by atoms with van der Waals surface area (Å²) in [5.41, 5.74) is 1.62. The van der Waals surface area contributed by atoms with E-state index in [1.54, 1.807) is 0 Å². The van der Waals surface area contributed by atoms with Gasteiger partial charge < -0.3 is 8.94 Å². The van der Waals surface area contributed by atoms with E-state index < -0.39 is 10.0 Å². The van der Waals surface area contributed by atoms with Crippen LogP contribution in [0.5, 0.6) is 0 Å². The molecule has 0 N–H and O–H groups in total. The van der Waals surface area contributed by atoms with Crippen molar-refractivity contribution in [1.29, 1.82) is 0 Å². The molecule has 2 aromatic heterocycles. The van der Waals surface area contributed by atoms with E-state index >= 15 is 0 Å². The molecule has 3 aromatic rings. The van der Waals surface area contributed by atoms with Gasteiger partial charge in [-0.05, 0) is 25.5 Å². The van der Waals surface area contributed by atoms with E-state index in [1.807, 2.05) is 37.3 Å². The average molecular weight is 374 g/mol. The Balaban J connectivity index is 1.49. The zero-order valence-corrected chi connectivity index (χ0v) is 15.1. The summed E-state index contributed by atoms with van der Waals surface area (Å²) in [5, 5.41) is 3.94. The SMILES string of the molecule is Cc1oc(-c2ccccc2)nc1Cc1noc(CN2CCCS2(=O)=O)n1. The monoisotopic (exact) mass is 374 g/mol. The first-order valence-electron chi connectivity index (χ1n) is 8.32. The molecule has 4 rings (SSSR count). The fraction of sp³-hybridized carbons (Fsp3) is 0.353. The van der Waals surface area contributed by atoms with Gasteiger partial charge in [0.15, 0.2) is 5.82 Å². The smallest absolute Gasteiger partial charge is 0.241 e. The number of sulfonamides is 1. The fourth-order valence-electron chi connectivity index (χ4n) is 2.89. The standard InChI is InChI=1S/C17H18N4O4S/c1-12-14(18-17(24-12)13-6-3-2-4-7-13)10-15-19-16(25-20-15)11-21-8-5-9-26(21,22)23/h2-4,6-7H,5,8-11H2,1H3. The Hall–Kier alpha value is -2.52. The van der Waals surface area contributed by atoms with Crippen LogP contribution in [0.4, 0.5) is 0 Å². The van der Waals surface area contributed by atoms with E-state index in [-0.39, 0.29) is 18.2 Å². The predicted molar refractivity (Wildman–Crippen MR) is 92.6 cm³/mol. The zero-order valence-electron chi connectivity index (χ0n) is 14.3. The summed E-state index contributed by atoms with van der Waals surface area (Å²) in [6.45, 7) is 2.44. The minimum atomic E-state index is -3.19. The van der Waals surface area contributed by atoms with Gasteiger partial charge in [-0.15, -0.1) is 0 Å². The molecular weight excluding hydrogens is 356 g/mol. The van der Waals surface area contributed by atoms with Gasteiger partial charge in [0.25, 0.3) is 0 Å². The molecule has 1 aliphatic heterocycles. The molecule has 0 amide bonds. The summed E-state index contributed by atoms with van der Waals surface area (Å²) in [7, 11) is -3.19. The molecule has 136 valence electrons. The lowest BCUT2D eigenvalue weighted by molar-refractivity contribution is 0.324. The third-order valence-corrected chi connectivity index (χ3v) is 6.17. The number of nitrogens with zero attached hydrogens (tertiary/aromatic N) is 4. The molecular formula is C17H18N4O4S. The highest BCUT2D eigenvalue weighted by molar-refractivity contribution is 7.89. The Morgan fingerprint density at radius 2 is 2.00 bits per heavy atom. The molecule has 0 saturated carbocycles. The van der Waals surface area contributed by atoms with E-state index in [0.29, 0.717) is 36.9 Å². The van der Waals surface area contributed by atoms with Crippen LogP contribution in [0.2, 0.25) is 0 Å². The second-order valence-electron chi connectivity index (χ2n) is 6.17. The number of hydrogen-bond donors (Lipinski definition) is 0. The van der Waals surface area contributed by atoms with Gasteiger partial charge in [0.1, 0.15) is 5.76 Å². The number of hydrogen-bond acceptors (Lipinski definition) is 7. The van der Waals surface area contributed by atoms with E-state index in [2.05, 4.69) is 15.1 Å². The van der Waals surface area contributed by atoms with Gasteiger partial charge in [-0.3, -0.25) is 0 Å². The van der Waals surface area contributed by atoms with Gasteiger partial charge in [0, 0.05) is 12.1 Å². The molecule has 0 atom stereocenters. The number of aryl methyl sites for hydroxylation is 1. The number of benzene rings is 1. The maximum atomic E-state index is 11.9. The second-order valence-corrected chi connectivity index (χ2v) is 8.26. The molecule has 9 heteroatoms. The lowest BCUT2D eigenvalue weighted by Crippen LogP contribution is -2.25. The van der Waals surface area contributed by atoms with Crippen molar-refractivity contribution in [3.05, 3.63) is 53.5 Å². The summed E-state index contributed by atoms with van der Waals surface area (Å²) in [6, 6.07) is 9.64. The third-order valence-electron chi connectivity index (χ3n) is 4.26. The van der Waals surface area contributed by atoms with Crippen LogP contribution in [0.25, 0.3) is 11.5 Å². The summed E-state index contributed by atoms with van der Waals surface area (Å²) in [6.07, 6.45) is 0.988. The minimum Gasteiger partial charge on any atom is -0.441 e. The van der Waals surface area contributed by atoms with Gasteiger partial charge in [-0.25, -0.2) is 13.4 Å². The van der Waals surface area contributed by atoms with Crippen LogP contribution in [0.15, 0.2) is 39.3 Å². The molecule has 1 aromatic carbocycles. The molecule has 1 fully saturated rings. The largest absolute Gasteiger partial charge is 0.441 e. The van der Waals surface area contributed by atoms with Crippen LogP contribution in [-0.2, 0) is 23.0 Å². The Morgan fingerprint density at radius 3 is 2.73 bits per heavy atom. The lowest BCUT2D eigenvalue weighted by Gasteiger charge is -2.10. The van der Waals surface area contributed by atoms with Gasteiger partial charge in [-0.1, -0.05) is 23.4 Å². The molecule has 0 radical (unpaired) electrons. The van der Waals surface area contributed by atoms with Gasteiger partial charge in [0.05, 0.1) is 24.4 Å². The first kappa shape index (κ1) is 16.9. The summed E-state index contributed by atoms with van der Waals surface area (Å²) >= 11 is 0. The Labute approximate surface area is 150 Å². The molecule has 8 nitrogen and oxygen atoms in total. The van der Waals surface area contributed by atoms with Gasteiger partial charge >= 0.3 is 0 Å². The highest BCUT2D eigenvalue weighted by atomic mass is 32.2. The van der Waals surface area contributed by atoms with E-state index in [9.17, 15) is 8.42 Å². The Bertz CT molecular complexity index is 1010. The van der Waals surface area contributed by atoms with Crippen molar-refractivity contribution in [2.75, 3.05) is 12.3 Å². The van der Waals surface area contributed by atoms with E-state index in [4.69, 9.17) is 8.94 Å². The quantitative estimate of drug-likeness (QED) is 0.674. The molecule has 1 saturated heterocycles. The van der Waals surface area contributed by atoms with Crippen LogP contribution in [0.1, 0.15) is 29.6 Å². The van der Waals surface area contributed by atoms with E-state index in [0.717, 1.165) is 11.3 Å². The fourth-order valence-corrected chi connectivity index (χ4v) is 4.36. The van der Waals surface area contributed by atoms with Crippen molar-refractivity contribution < 1.29 is 17.4 Å². The first-order valence-corrected chi connectivity index (χ1v) is 9.93. The first-order chi connectivity index (χ1) is 12.5. The lowest BCUT2D eigenvalue weighted by atomic mass is 10.2. The molecule has 0 aliphatic carbocycles.